The number of urea groups is 1. The summed E-state index contributed by atoms with van der Waals surface area (Å²) < 4.78 is 5.45. The molecule has 274 valence electrons. The van der Waals surface area contributed by atoms with Crippen molar-refractivity contribution in [3.05, 3.63) is 54.1 Å². The van der Waals surface area contributed by atoms with E-state index in [9.17, 15) is 24.0 Å². The Bertz CT molecular complexity index is 1420. The maximum atomic E-state index is 13.9. The quantitative estimate of drug-likeness (QED) is 0.0725. The second-order valence-electron chi connectivity index (χ2n) is 14.3. The molecule has 3 rings (SSSR count). The molecule has 1 aliphatic rings. The number of methoxy groups -OCH3 is 1. The monoisotopic (exact) mass is 690 g/mol. The molecule has 0 spiro atoms. The Hall–Kier alpha value is -4.21. The first-order chi connectivity index (χ1) is 24.0. The Labute approximate surface area is 298 Å². The second-order valence-corrected chi connectivity index (χ2v) is 14.3. The first kappa shape index (κ1) is 40.2. The molecule has 2 N–H and O–H groups in total. The molecule has 1 saturated heterocycles. The van der Waals surface area contributed by atoms with Gasteiger partial charge in [-0.25, -0.2) is 9.69 Å². The molecule has 10 nitrogen and oxygen atoms in total. The number of ketones is 1. The van der Waals surface area contributed by atoms with E-state index in [0.717, 1.165) is 29.7 Å². The van der Waals surface area contributed by atoms with Crippen LogP contribution in [0.5, 0.6) is 5.75 Å². The van der Waals surface area contributed by atoms with Gasteiger partial charge in [-0.1, -0.05) is 135 Å². The smallest absolute Gasteiger partial charge is 0.328 e. The van der Waals surface area contributed by atoms with E-state index in [1.54, 1.807) is 39.0 Å². The number of imide groups is 1. The third-order valence-electron chi connectivity index (χ3n) is 9.03. The number of carbonyl (C=O) groups excluding carboxylic acids is 5. The minimum absolute atomic E-state index is 0.136. The highest BCUT2D eigenvalue weighted by Gasteiger charge is 2.49. The Kier molecular flexibility index (Phi) is 16.5. The number of amides is 5. The van der Waals surface area contributed by atoms with Crippen LogP contribution in [0.15, 0.2) is 48.5 Å². The van der Waals surface area contributed by atoms with Crippen LogP contribution >= 0.6 is 0 Å². The minimum Gasteiger partial charge on any atom is -0.495 e. The highest BCUT2D eigenvalue weighted by molar-refractivity contribution is 6.19. The van der Waals surface area contributed by atoms with Crippen LogP contribution in [0.3, 0.4) is 0 Å². The van der Waals surface area contributed by atoms with Gasteiger partial charge < -0.3 is 20.3 Å². The summed E-state index contributed by atoms with van der Waals surface area (Å²) in [6, 6.07) is 11.6. The molecule has 10 heteroatoms. The summed E-state index contributed by atoms with van der Waals surface area (Å²) in [5.74, 6) is -1.91. The molecule has 2 aromatic rings. The van der Waals surface area contributed by atoms with Gasteiger partial charge in [0.25, 0.3) is 11.8 Å². The zero-order valence-electron chi connectivity index (χ0n) is 30.9. The standard InChI is InChI=1S/C40H58N4O6/c1-6-7-8-9-10-11-12-13-14-15-16-17-21-24-34(45)41-31-25-26-33(50-5)32(27-31)42-38(48)36(37(47)40(2,3)4)44-35(46)29-43(39(44)49)28-30-22-19-18-20-23-30/h18-20,22-23,25-27,36H,6-17,21,24,28-29H2,1-5H3,(H,41,45)(H,42,48). The van der Waals surface area contributed by atoms with Crippen LogP contribution in [-0.4, -0.2) is 59.0 Å². The Morgan fingerprint density at radius 1 is 0.800 bits per heavy atom. The summed E-state index contributed by atoms with van der Waals surface area (Å²) in [6.07, 6.45) is 16.4. The number of hydrogen-bond donors (Lipinski definition) is 2. The summed E-state index contributed by atoms with van der Waals surface area (Å²) >= 11 is 0. The van der Waals surface area contributed by atoms with Crippen LogP contribution in [0.25, 0.3) is 0 Å². The fraction of sp³-hybridized carbons (Fsp3) is 0.575. The number of carbonyl (C=O) groups is 5. The van der Waals surface area contributed by atoms with Crippen LogP contribution in [0.1, 0.15) is 123 Å². The summed E-state index contributed by atoms with van der Waals surface area (Å²) in [5.41, 5.74) is 0.421. The number of nitrogens with zero attached hydrogens (tertiary/aromatic N) is 2. The number of hydrogen-bond acceptors (Lipinski definition) is 6. The zero-order chi connectivity index (χ0) is 36.5. The van der Waals surface area contributed by atoms with Gasteiger partial charge in [0.1, 0.15) is 12.3 Å². The van der Waals surface area contributed by atoms with Gasteiger partial charge >= 0.3 is 6.03 Å². The van der Waals surface area contributed by atoms with Crippen LogP contribution in [0.4, 0.5) is 16.2 Å². The average molecular weight is 691 g/mol. The van der Waals surface area contributed by atoms with Crippen LogP contribution in [-0.2, 0) is 25.7 Å². The molecule has 0 saturated carbocycles. The lowest BCUT2D eigenvalue weighted by molar-refractivity contribution is -0.143. The Balaban J connectivity index is 1.56. The van der Waals surface area contributed by atoms with Gasteiger partial charge in [0.15, 0.2) is 11.8 Å². The third-order valence-corrected chi connectivity index (χ3v) is 9.03. The van der Waals surface area contributed by atoms with Crippen LogP contribution < -0.4 is 15.4 Å². The lowest BCUT2D eigenvalue weighted by Crippen LogP contribution is -2.55. The lowest BCUT2D eigenvalue weighted by atomic mass is 9.85. The van der Waals surface area contributed by atoms with E-state index in [2.05, 4.69) is 17.6 Å². The molecule has 2 aromatic carbocycles. The van der Waals surface area contributed by atoms with Gasteiger partial charge in [0.05, 0.1) is 12.8 Å². The first-order valence-corrected chi connectivity index (χ1v) is 18.4. The highest BCUT2D eigenvalue weighted by Crippen LogP contribution is 2.30. The predicted molar refractivity (Wildman–Crippen MR) is 198 cm³/mol. The summed E-state index contributed by atoms with van der Waals surface area (Å²) in [5, 5.41) is 5.59. The van der Waals surface area contributed by atoms with E-state index in [1.807, 2.05) is 30.3 Å². The van der Waals surface area contributed by atoms with E-state index >= 15 is 0 Å². The van der Waals surface area contributed by atoms with Gasteiger partial charge in [-0.2, -0.15) is 0 Å². The molecule has 0 aromatic heterocycles. The number of nitrogens with one attached hydrogen (secondary N) is 2. The number of unbranched alkanes of at least 4 members (excludes halogenated alkanes) is 12. The number of anilines is 2. The molecular formula is C40H58N4O6. The van der Waals surface area contributed by atoms with Crippen molar-refractivity contribution in [2.24, 2.45) is 5.41 Å². The van der Waals surface area contributed by atoms with Gasteiger partial charge in [0.2, 0.25) is 5.91 Å². The summed E-state index contributed by atoms with van der Waals surface area (Å²) in [6.45, 7) is 7.06. The van der Waals surface area contributed by atoms with Gasteiger partial charge in [0, 0.05) is 24.1 Å². The molecule has 1 aliphatic heterocycles. The molecule has 1 fully saturated rings. The van der Waals surface area contributed by atoms with E-state index in [4.69, 9.17) is 4.74 Å². The maximum Gasteiger partial charge on any atom is 0.328 e. The van der Waals surface area contributed by atoms with Crippen molar-refractivity contribution < 1.29 is 28.7 Å². The van der Waals surface area contributed by atoms with Gasteiger partial charge in [-0.05, 0) is 30.2 Å². The third kappa shape index (κ3) is 12.6. The van der Waals surface area contributed by atoms with E-state index in [-0.39, 0.29) is 24.7 Å². The molecule has 1 heterocycles. The average Bonchev–Trinajstić information content (AvgIpc) is 3.35. The van der Waals surface area contributed by atoms with Crippen molar-refractivity contribution >= 4 is 40.9 Å². The molecule has 0 bridgehead atoms. The van der Waals surface area contributed by atoms with E-state index < -0.39 is 35.1 Å². The van der Waals surface area contributed by atoms with Crippen molar-refractivity contribution in [2.45, 2.75) is 130 Å². The normalized spacial score (nSPS) is 13.8. The van der Waals surface area contributed by atoms with E-state index in [0.29, 0.717) is 17.9 Å². The van der Waals surface area contributed by atoms with Gasteiger partial charge in [-0.15, -0.1) is 0 Å². The molecule has 1 unspecified atom stereocenters. The number of Topliss-reactive ketones (excluding diaryl/α,β-unsaturated/α-hetero) is 1. The van der Waals surface area contributed by atoms with Crippen molar-refractivity contribution in [1.29, 1.82) is 0 Å². The molecule has 1 atom stereocenters. The molecule has 5 amide bonds. The van der Waals surface area contributed by atoms with Crippen molar-refractivity contribution in [3.63, 3.8) is 0 Å². The largest absolute Gasteiger partial charge is 0.495 e. The minimum atomic E-state index is -1.70. The van der Waals surface area contributed by atoms with Crippen LogP contribution in [0, 0.1) is 5.41 Å². The fourth-order valence-corrected chi connectivity index (χ4v) is 6.12. The lowest BCUT2D eigenvalue weighted by Gasteiger charge is -2.29. The number of ether oxygens (including phenoxy) is 1. The first-order valence-electron chi connectivity index (χ1n) is 18.4. The maximum absolute atomic E-state index is 13.9. The van der Waals surface area contributed by atoms with Gasteiger partial charge in [-0.3, -0.25) is 19.2 Å². The zero-order valence-corrected chi connectivity index (χ0v) is 30.9. The Morgan fingerprint density at radius 2 is 1.38 bits per heavy atom. The highest BCUT2D eigenvalue weighted by atomic mass is 16.5. The molecule has 0 aliphatic carbocycles. The Morgan fingerprint density at radius 3 is 1.94 bits per heavy atom. The SMILES string of the molecule is CCCCCCCCCCCCCCCC(=O)Nc1ccc(OC)c(NC(=O)C(C(=O)C(C)(C)C)N2C(=O)CN(Cc3ccccc3)C2=O)c1. The van der Waals surface area contributed by atoms with Crippen molar-refractivity contribution in [1.82, 2.24) is 9.80 Å². The molecule has 0 radical (unpaired) electrons. The number of benzene rings is 2. The van der Waals surface area contributed by atoms with Crippen molar-refractivity contribution in [2.75, 3.05) is 24.3 Å². The number of rotatable bonds is 22. The van der Waals surface area contributed by atoms with Crippen molar-refractivity contribution in [3.8, 4) is 5.75 Å². The molecule has 50 heavy (non-hydrogen) atoms. The molecular weight excluding hydrogens is 632 g/mol. The fourth-order valence-electron chi connectivity index (χ4n) is 6.12. The topological polar surface area (TPSA) is 125 Å². The second kappa shape index (κ2) is 20.5. The van der Waals surface area contributed by atoms with Crippen LogP contribution in [0.2, 0.25) is 0 Å². The predicted octanol–water partition coefficient (Wildman–Crippen LogP) is 8.50. The summed E-state index contributed by atoms with van der Waals surface area (Å²) in [4.78, 5) is 69.1. The summed E-state index contributed by atoms with van der Waals surface area (Å²) in [7, 11) is 1.44. The van der Waals surface area contributed by atoms with E-state index in [1.165, 1.54) is 76.2 Å².